The highest BCUT2D eigenvalue weighted by atomic mass is 127. The SMILES string of the molecule is CCNC(=NCCc1nc(C)no1)N1CCN(c2cccc(OC)c2)CC1.I. The van der Waals surface area contributed by atoms with Gasteiger partial charge in [-0.3, -0.25) is 4.99 Å². The molecule has 1 fully saturated rings. The number of nitrogens with one attached hydrogen (secondary N) is 1. The summed E-state index contributed by atoms with van der Waals surface area (Å²) in [6.45, 7) is 9.10. The zero-order valence-electron chi connectivity index (χ0n) is 16.7. The van der Waals surface area contributed by atoms with Crippen LogP contribution in [0.4, 0.5) is 5.69 Å². The van der Waals surface area contributed by atoms with Gasteiger partial charge >= 0.3 is 0 Å². The molecule has 1 aromatic carbocycles. The molecule has 1 N–H and O–H groups in total. The molecular weight excluding hydrogens is 471 g/mol. The van der Waals surface area contributed by atoms with E-state index in [0.717, 1.165) is 44.4 Å². The zero-order chi connectivity index (χ0) is 19.1. The molecule has 8 nitrogen and oxygen atoms in total. The first kappa shape index (κ1) is 22.3. The summed E-state index contributed by atoms with van der Waals surface area (Å²) in [7, 11) is 1.70. The fraction of sp³-hybridized carbons (Fsp3) is 0.526. The van der Waals surface area contributed by atoms with Gasteiger partial charge in [-0.15, -0.1) is 24.0 Å². The van der Waals surface area contributed by atoms with Crippen molar-refractivity contribution in [2.75, 3.05) is 51.3 Å². The first-order valence-corrected chi connectivity index (χ1v) is 9.41. The number of ether oxygens (including phenoxy) is 1. The van der Waals surface area contributed by atoms with Crippen LogP contribution in [0.15, 0.2) is 33.8 Å². The van der Waals surface area contributed by atoms with Crippen molar-refractivity contribution < 1.29 is 9.26 Å². The number of piperazine rings is 1. The van der Waals surface area contributed by atoms with E-state index in [9.17, 15) is 0 Å². The number of anilines is 1. The van der Waals surface area contributed by atoms with Gasteiger partial charge in [0.05, 0.1) is 13.7 Å². The maximum atomic E-state index is 5.34. The maximum Gasteiger partial charge on any atom is 0.228 e. The number of aromatic nitrogens is 2. The molecule has 2 aromatic rings. The number of hydrogen-bond acceptors (Lipinski definition) is 6. The average Bonchev–Trinajstić information content (AvgIpc) is 3.12. The Balaban J connectivity index is 0.00000280. The summed E-state index contributed by atoms with van der Waals surface area (Å²) in [5, 5.41) is 7.20. The molecule has 0 aliphatic carbocycles. The first-order chi connectivity index (χ1) is 13.2. The minimum atomic E-state index is 0. The molecule has 0 spiro atoms. The van der Waals surface area contributed by atoms with Crippen LogP contribution in [0, 0.1) is 6.92 Å². The van der Waals surface area contributed by atoms with Gasteiger partial charge in [0.25, 0.3) is 0 Å². The van der Waals surface area contributed by atoms with E-state index in [1.807, 2.05) is 19.1 Å². The minimum absolute atomic E-state index is 0. The third kappa shape index (κ3) is 5.98. The number of guanidine groups is 1. The molecule has 9 heteroatoms. The number of methoxy groups -OCH3 is 1. The molecule has 1 aromatic heterocycles. The summed E-state index contributed by atoms with van der Waals surface area (Å²) in [5.74, 6) is 3.13. The second-order valence-corrected chi connectivity index (χ2v) is 6.40. The summed E-state index contributed by atoms with van der Waals surface area (Å²) in [6, 6.07) is 8.22. The van der Waals surface area contributed by atoms with Crippen LogP contribution in [0.3, 0.4) is 0 Å². The Morgan fingerprint density at radius 3 is 2.71 bits per heavy atom. The van der Waals surface area contributed by atoms with Crippen molar-refractivity contribution in [3.8, 4) is 5.75 Å². The minimum Gasteiger partial charge on any atom is -0.497 e. The molecular formula is C19H29IN6O2. The van der Waals surface area contributed by atoms with Crippen LogP contribution in [-0.4, -0.2) is 67.4 Å². The van der Waals surface area contributed by atoms with E-state index in [0.29, 0.717) is 24.7 Å². The van der Waals surface area contributed by atoms with Gasteiger partial charge < -0.3 is 24.4 Å². The summed E-state index contributed by atoms with van der Waals surface area (Å²) in [6.07, 6.45) is 0.652. The molecule has 28 heavy (non-hydrogen) atoms. The molecule has 0 atom stereocenters. The van der Waals surface area contributed by atoms with Crippen LogP contribution < -0.4 is 15.0 Å². The van der Waals surface area contributed by atoms with E-state index in [1.165, 1.54) is 5.69 Å². The van der Waals surface area contributed by atoms with Gasteiger partial charge in [0, 0.05) is 50.9 Å². The number of hydrogen-bond donors (Lipinski definition) is 1. The predicted octanol–water partition coefficient (Wildman–Crippen LogP) is 2.33. The summed E-state index contributed by atoms with van der Waals surface area (Å²) >= 11 is 0. The fourth-order valence-electron chi connectivity index (χ4n) is 3.11. The third-order valence-corrected chi connectivity index (χ3v) is 4.49. The Hall–Kier alpha value is -2.04. The molecule has 1 aliphatic heterocycles. The average molecular weight is 500 g/mol. The van der Waals surface area contributed by atoms with Gasteiger partial charge in [-0.1, -0.05) is 11.2 Å². The molecule has 154 valence electrons. The van der Waals surface area contributed by atoms with Crippen molar-refractivity contribution in [2.45, 2.75) is 20.3 Å². The first-order valence-electron chi connectivity index (χ1n) is 9.41. The second-order valence-electron chi connectivity index (χ2n) is 6.40. The van der Waals surface area contributed by atoms with E-state index >= 15 is 0 Å². The van der Waals surface area contributed by atoms with Gasteiger partial charge in [0.15, 0.2) is 11.8 Å². The lowest BCUT2D eigenvalue weighted by atomic mass is 10.2. The topological polar surface area (TPSA) is 79.0 Å². The lowest BCUT2D eigenvalue weighted by molar-refractivity contribution is 0.367. The van der Waals surface area contributed by atoms with Crippen LogP contribution in [0.5, 0.6) is 5.75 Å². The standard InChI is InChI=1S/C19H28N6O2.HI/c1-4-20-19(21-9-8-18-22-15(2)23-27-18)25-12-10-24(11-13-25)16-6-5-7-17(14-16)26-3;/h5-7,14H,4,8-13H2,1-3H3,(H,20,21);1H. The Labute approximate surface area is 183 Å². The smallest absolute Gasteiger partial charge is 0.228 e. The zero-order valence-corrected chi connectivity index (χ0v) is 19.1. The van der Waals surface area contributed by atoms with E-state index < -0.39 is 0 Å². The predicted molar refractivity (Wildman–Crippen MR) is 121 cm³/mol. The Kier molecular flexibility index (Phi) is 8.81. The van der Waals surface area contributed by atoms with Gasteiger partial charge in [-0.25, -0.2) is 0 Å². The number of benzene rings is 1. The lowest BCUT2D eigenvalue weighted by Gasteiger charge is -2.37. The number of halogens is 1. The van der Waals surface area contributed by atoms with Gasteiger partial charge in [0.1, 0.15) is 5.75 Å². The van der Waals surface area contributed by atoms with Crippen LogP contribution in [0.2, 0.25) is 0 Å². The molecule has 0 bridgehead atoms. The van der Waals surface area contributed by atoms with Crippen LogP contribution in [-0.2, 0) is 6.42 Å². The fourth-order valence-corrected chi connectivity index (χ4v) is 3.11. The lowest BCUT2D eigenvalue weighted by Crippen LogP contribution is -2.52. The molecule has 3 rings (SSSR count). The molecule has 2 heterocycles. The number of nitrogens with zero attached hydrogens (tertiary/aromatic N) is 5. The van der Waals surface area contributed by atoms with Crippen molar-refractivity contribution in [3.05, 3.63) is 36.0 Å². The maximum absolute atomic E-state index is 5.34. The van der Waals surface area contributed by atoms with Crippen molar-refractivity contribution in [1.29, 1.82) is 0 Å². The quantitative estimate of drug-likeness (QED) is 0.371. The molecule has 0 amide bonds. The van der Waals surface area contributed by atoms with Crippen molar-refractivity contribution >= 4 is 35.6 Å². The molecule has 1 aliphatic rings. The van der Waals surface area contributed by atoms with Crippen molar-refractivity contribution in [2.24, 2.45) is 4.99 Å². The van der Waals surface area contributed by atoms with E-state index in [1.54, 1.807) is 7.11 Å². The van der Waals surface area contributed by atoms with Gasteiger partial charge in [-0.05, 0) is 26.0 Å². The summed E-state index contributed by atoms with van der Waals surface area (Å²) < 4.78 is 10.5. The van der Waals surface area contributed by atoms with Gasteiger partial charge in [0.2, 0.25) is 5.89 Å². The van der Waals surface area contributed by atoms with E-state index in [-0.39, 0.29) is 24.0 Å². The highest BCUT2D eigenvalue weighted by molar-refractivity contribution is 14.0. The summed E-state index contributed by atoms with van der Waals surface area (Å²) in [4.78, 5) is 13.6. The molecule has 0 radical (unpaired) electrons. The molecule has 0 saturated carbocycles. The third-order valence-electron chi connectivity index (χ3n) is 4.49. The Morgan fingerprint density at radius 1 is 1.29 bits per heavy atom. The van der Waals surface area contributed by atoms with Crippen LogP contribution in [0.25, 0.3) is 0 Å². The van der Waals surface area contributed by atoms with Crippen molar-refractivity contribution in [1.82, 2.24) is 20.4 Å². The Bertz CT molecular complexity index is 758. The summed E-state index contributed by atoms with van der Waals surface area (Å²) in [5.41, 5.74) is 1.20. The Morgan fingerprint density at radius 2 is 2.07 bits per heavy atom. The second kappa shape index (κ2) is 11.1. The van der Waals surface area contributed by atoms with E-state index in [2.05, 4.69) is 44.3 Å². The highest BCUT2D eigenvalue weighted by Crippen LogP contribution is 2.22. The monoisotopic (exact) mass is 500 g/mol. The normalized spacial score (nSPS) is 14.6. The van der Waals surface area contributed by atoms with Gasteiger partial charge in [-0.2, -0.15) is 4.98 Å². The van der Waals surface area contributed by atoms with E-state index in [4.69, 9.17) is 14.3 Å². The molecule has 0 unspecified atom stereocenters. The van der Waals surface area contributed by atoms with Crippen molar-refractivity contribution in [3.63, 3.8) is 0 Å². The van der Waals surface area contributed by atoms with Crippen LogP contribution >= 0.6 is 24.0 Å². The highest BCUT2D eigenvalue weighted by Gasteiger charge is 2.20. The number of aryl methyl sites for hydroxylation is 1. The number of aliphatic imine (C=N–C) groups is 1. The molecule has 1 saturated heterocycles. The largest absolute Gasteiger partial charge is 0.497 e. The van der Waals surface area contributed by atoms with Crippen LogP contribution in [0.1, 0.15) is 18.6 Å². The number of rotatable bonds is 6.